The first-order chi connectivity index (χ1) is 7.59. The summed E-state index contributed by atoms with van der Waals surface area (Å²) in [4.78, 5) is 25.9. The summed E-state index contributed by atoms with van der Waals surface area (Å²) in [5.74, 6) is 0.321. The van der Waals surface area contributed by atoms with Crippen molar-refractivity contribution in [3.8, 4) is 0 Å². The van der Waals surface area contributed by atoms with E-state index in [9.17, 15) is 9.59 Å². The zero-order valence-corrected chi connectivity index (χ0v) is 9.28. The van der Waals surface area contributed by atoms with E-state index in [1.807, 2.05) is 0 Å². The van der Waals surface area contributed by atoms with Gasteiger partial charge in [-0.25, -0.2) is 4.98 Å². The molecule has 0 saturated carbocycles. The Hall–Kier alpha value is -1.92. The Kier molecular flexibility index (Phi) is 4.43. The molecular weight excluding hydrogens is 210 g/mol. The molecular formula is C9H15N5O2. The summed E-state index contributed by atoms with van der Waals surface area (Å²) >= 11 is 0. The zero-order valence-electron chi connectivity index (χ0n) is 9.28. The third-order valence-corrected chi connectivity index (χ3v) is 1.95. The van der Waals surface area contributed by atoms with E-state index in [0.29, 0.717) is 12.4 Å². The Balaban J connectivity index is 2.26. The molecule has 1 heterocycles. The molecule has 7 heteroatoms. The van der Waals surface area contributed by atoms with Crippen molar-refractivity contribution in [2.45, 2.75) is 26.3 Å². The normalized spacial score (nSPS) is 11.9. The fourth-order valence-electron chi connectivity index (χ4n) is 1.16. The Morgan fingerprint density at radius 3 is 2.88 bits per heavy atom. The smallest absolute Gasteiger partial charge is 0.222 e. The predicted octanol–water partition coefficient (Wildman–Crippen LogP) is -0.492. The van der Waals surface area contributed by atoms with Crippen LogP contribution in [0.5, 0.6) is 0 Å². The van der Waals surface area contributed by atoms with Gasteiger partial charge in [0.1, 0.15) is 12.2 Å². The summed E-state index contributed by atoms with van der Waals surface area (Å²) in [7, 11) is 0. The molecule has 16 heavy (non-hydrogen) atoms. The van der Waals surface area contributed by atoms with Crippen LogP contribution in [0.15, 0.2) is 6.33 Å². The van der Waals surface area contributed by atoms with Crippen LogP contribution in [0.3, 0.4) is 0 Å². The molecule has 1 unspecified atom stereocenters. The molecule has 3 N–H and O–H groups in total. The van der Waals surface area contributed by atoms with Gasteiger partial charge in [0, 0.05) is 19.9 Å². The lowest BCUT2D eigenvalue weighted by Crippen LogP contribution is -2.31. The molecule has 0 aliphatic carbocycles. The van der Waals surface area contributed by atoms with E-state index >= 15 is 0 Å². The summed E-state index contributed by atoms with van der Waals surface area (Å²) < 4.78 is 0. The van der Waals surface area contributed by atoms with Gasteiger partial charge >= 0.3 is 0 Å². The highest BCUT2D eigenvalue weighted by Crippen LogP contribution is 2.03. The van der Waals surface area contributed by atoms with Gasteiger partial charge in [0.15, 0.2) is 0 Å². The molecule has 88 valence electrons. The van der Waals surface area contributed by atoms with Crippen molar-refractivity contribution in [3.63, 3.8) is 0 Å². The minimum Gasteiger partial charge on any atom is -0.356 e. The van der Waals surface area contributed by atoms with Crippen LogP contribution in [0.2, 0.25) is 0 Å². The fraction of sp³-hybridized carbons (Fsp3) is 0.556. The van der Waals surface area contributed by atoms with Gasteiger partial charge in [-0.1, -0.05) is 0 Å². The highest BCUT2D eigenvalue weighted by atomic mass is 16.2. The number of hydrogen-bond donors (Lipinski definition) is 3. The maximum absolute atomic E-state index is 11.4. The van der Waals surface area contributed by atoms with Gasteiger partial charge in [0.2, 0.25) is 11.8 Å². The van der Waals surface area contributed by atoms with Crippen molar-refractivity contribution in [1.82, 2.24) is 25.8 Å². The lowest BCUT2D eigenvalue weighted by molar-refractivity contribution is -0.122. The maximum atomic E-state index is 11.4. The third kappa shape index (κ3) is 4.07. The molecule has 0 spiro atoms. The summed E-state index contributed by atoms with van der Waals surface area (Å²) in [5, 5.41) is 11.6. The maximum Gasteiger partial charge on any atom is 0.222 e. The summed E-state index contributed by atoms with van der Waals surface area (Å²) in [6, 6.07) is -0.215. The van der Waals surface area contributed by atoms with E-state index in [-0.39, 0.29) is 24.3 Å². The van der Waals surface area contributed by atoms with Gasteiger partial charge in [-0.15, -0.1) is 0 Å². The number of amides is 2. The quantitative estimate of drug-likeness (QED) is 0.629. The van der Waals surface area contributed by atoms with E-state index in [4.69, 9.17) is 0 Å². The second-order valence-corrected chi connectivity index (χ2v) is 3.39. The number of aromatic nitrogens is 3. The van der Waals surface area contributed by atoms with Crippen LogP contribution in [0.25, 0.3) is 0 Å². The monoisotopic (exact) mass is 225 g/mol. The first kappa shape index (κ1) is 12.2. The Morgan fingerprint density at radius 2 is 2.31 bits per heavy atom. The van der Waals surface area contributed by atoms with Crippen LogP contribution in [0, 0.1) is 0 Å². The minimum atomic E-state index is -0.215. The molecule has 0 aliphatic rings. The first-order valence-electron chi connectivity index (χ1n) is 4.98. The molecule has 0 fully saturated rings. The zero-order chi connectivity index (χ0) is 12.0. The number of nitrogens with one attached hydrogen (secondary N) is 3. The highest BCUT2D eigenvalue weighted by Gasteiger charge is 2.11. The van der Waals surface area contributed by atoms with E-state index in [1.54, 1.807) is 6.92 Å². The van der Waals surface area contributed by atoms with E-state index in [1.165, 1.54) is 13.3 Å². The van der Waals surface area contributed by atoms with Crippen LogP contribution in [-0.2, 0) is 9.59 Å². The number of carbonyl (C=O) groups excluding carboxylic acids is 2. The summed E-state index contributed by atoms with van der Waals surface area (Å²) in [5.41, 5.74) is 0. The first-order valence-corrected chi connectivity index (χ1v) is 4.98. The Morgan fingerprint density at radius 1 is 1.56 bits per heavy atom. The molecule has 1 aromatic rings. The van der Waals surface area contributed by atoms with Gasteiger partial charge < -0.3 is 10.6 Å². The molecule has 1 atom stereocenters. The lowest BCUT2D eigenvalue weighted by Gasteiger charge is -2.10. The largest absolute Gasteiger partial charge is 0.356 e. The molecule has 7 nitrogen and oxygen atoms in total. The van der Waals surface area contributed by atoms with Gasteiger partial charge in [-0.3, -0.25) is 14.7 Å². The van der Waals surface area contributed by atoms with Crippen LogP contribution < -0.4 is 10.6 Å². The predicted molar refractivity (Wildman–Crippen MR) is 56.2 cm³/mol. The molecule has 0 saturated heterocycles. The second kappa shape index (κ2) is 5.84. The SMILES string of the molecule is CC(=O)NCCC(=O)NC(C)c1ncn[nH]1. The standard InChI is InChI=1S/C9H15N5O2/c1-6(9-11-5-12-14-9)13-8(16)3-4-10-7(2)15/h5-6H,3-4H2,1-2H3,(H,10,15)(H,13,16)(H,11,12,14). The number of hydrogen-bond acceptors (Lipinski definition) is 4. The van der Waals surface area contributed by atoms with Crippen LogP contribution in [0.1, 0.15) is 32.1 Å². The van der Waals surface area contributed by atoms with Crippen molar-refractivity contribution in [2.75, 3.05) is 6.54 Å². The highest BCUT2D eigenvalue weighted by molar-refractivity contribution is 5.78. The number of nitrogens with zero attached hydrogens (tertiary/aromatic N) is 2. The van der Waals surface area contributed by atoms with Crippen LogP contribution >= 0.6 is 0 Å². The number of aromatic amines is 1. The summed E-state index contributed by atoms with van der Waals surface area (Å²) in [6.07, 6.45) is 1.63. The third-order valence-electron chi connectivity index (χ3n) is 1.95. The Labute approximate surface area is 93.0 Å². The van der Waals surface area contributed by atoms with Crippen molar-refractivity contribution in [1.29, 1.82) is 0 Å². The van der Waals surface area contributed by atoms with Gasteiger partial charge in [-0.2, -0.15) is 5.10 Å². The number of carbonyl (C=O) groups is 2. The molecule has 0 aromatic carbocycles. The van der Waals surface area contributed by atoms with Gasteiger partial charge in [0.05, 0.1) is 6.04 Å². The lowest BCUT2D eigenvalue weighted by atomic mass is 10.3. The van der Waals surface area contributed by atoms with E-state index in [0.717, 1.165) is 0 Å². The van der Waals surface area contributed by atoms with Crippen molar-refractivity contribution >= 4 is 11.8 Å². The van der Waals surface area contributed by atoms with Crippen molar-refractivity contribution in [2.24, 2.45) is 0 Å². The molecule has 1 aromatic heterocycles. The topological polar surface area (TPSA) is 99.8 Å². The molecule has 2 amide bonds. The molecule has 0 bridgehead atoms. The van der Waals surface area contributed by atoms with E-state index in [2.05, 4.69) is 25.8 Å². The van der Waals surface area contributed by atoms with Crippen molar-refractivity contribution in [3.05, 3.63) is 12.2 Å². The molecule has 1 rings (SSSR count). The Bertz CT molecular complexity index is 349. The average Bonchev–Trinajstić information content (AvgIpc) is 2.69. The number of rotatable bonds is 5. The molecule has 0 radical (unpaired) electrons. The number of H-pyrrole nitrogens is 1. The summed E-state index contributed by atoms with van der Waals surface area (Å²) in [6.45, 7) is 3.55. The van der Waals surface area contributed by atoms with E-state index < -0.39 is 0 Å². The second-order valence-electron chi connectivity index (χ2n) is 3.39. The minimum absolute atomic E-state index is 0.141. The average molecular weight is 225 g/mol. The van der Waals surface area contributed by atoms with Gasteiger partial charge in [-0.05, 0) is 6.92 Å². The van der Waals surface area contributed by atoms with Crippen LogP contribution in [-0.4, -0.2) is 33.5 Å². The fourth-order valence-corrected chi connectivity index (χ4v) is 1.16. The van der Waals surface area contributed by atoms with Crippen LogP contribution in [0.4, 0.5) is 0 Å². The van der Waals surface area contributed by atoms with Crippen molar-refractivity contribution < 1.29 is 9.59 Å². The van der Waals surface area contributed by atoms with Gasteiger partial charge in [0.25, 0.3) is 0 Å². The molecule has 0 aliphatic heterocycles.